The van der Waals surface area contributed by atoms with E-state index in [2.05, 4.69) is 115 Å². The highest BCUT2D eigenvalue weighted by Crippen LogP contribution is 2.54. The minimum atomic E-state index is -0.452. The van der Waals surface area contributed by atoms with E-state index in [-0.39, 0.29) is 0 Å². The molecule has 0 bridgehead atoms. The van der Waals surface area contributed by atoms with E-state index < -0.39 is 5.41 Å². The molecule has 2 heterocycles. The number of para-hydroxylation sites is 2. The molecule has 0 unspecified atom stereocenters. The molecule has 0 radical (unpaired) electrons. The van der Waals surface area contributed by atoms with Crippen molar-refractivity contribution in [3.63, 3.8) is 0 Å². The zero-order valence-corrected chi connectivity index (χ0v) is 18.0. The molecular weight excluding hydrogens is 402 g/mol. The van der Waals surface area contributed by atoms with Crippen molar-refractivity contribution in [2.24, 2.45) is 0 Å². The van der Waals surface area contributed by atoms with Gasteiger partial charge in [0.25, 0.3) is 0 Å². The Bertz CT molecular complexity index is 1590. The summed E-state index contributed by atoms with van der Waals surface area (Å²) in [6.45, 7) is 0. The summed E-state index contributed by atoms with van der Waals surface area (Å²) in [6.07, 6.45) is 0. The van der Waals surface area contributed by atoms with Crippen molar-refractivity contribution in [1.29, 1.82) is 0 Å². The number of anilines is 2. The van der Waals surface area contributed by atoms with Crippen LogP contribution in [0.2, 0.25) is 0 Å². The second-order valence-electron chi connectivity index (χ2n) is 8.64. The van der Waals surface area contributed by atoms with Crippen molar-refractivity contribution >= 4 is 33.3 Å². The fraction of sp³-hybridized carbons (Fsp3) is 0.0323. The third-order valence-corrected chi connectivity index (χ3v) is 6.93. The Morgan fingerprint density at radius 3 is 1.88 bits per heavy atom. The van der Waals surface area contributed by atoms with Gasteiger partial charge in [0.2, 0.25) is 0 Å². The maximum absolute atomic E-state index is 6.25. The SMILES string of the molecule is c1ccc(C2(c3ccccc3)c3ccccc3Nc3cc4oc5ccccc5c4cc32)cc1. The number of hydrogen-bond acceptors (Lipinski definition) is 2. The molecule has 0 saturated carbocycles. The number of benzene rings is 5. The minimum absolute atomic E-state index is 0.452. The van der Waals surface area contributed by atoms with E-state index in [9.17, 15) is 0 Å². The lowest BCUT2D eigenvalue weighted by Gasteiger charge is -2.42. The van der Waals surface area contributed by atoms with Crippen LogP contribution in [0.15, 0.2) is 126 Å². The van der Waals surface area contributed by atoms with Gasteiger partial charge in [0.05, 0.1) is 5.41 Å². The van der Waals surface area contributed by atoms with Gasteiger partial charge < -0.3 is 9.73 Å². The van der Waals surface area contributed by atoms with Crippen molar-refractivity contribution in [3.05, 3.63) is 144 Å². The van der Waals surface area contributed by atoms with Gasteiger partial charge in [-0.05, 0) is 40.5 Å². The second-order valence-corrected chi connectivity index (χ2v) is 8.64. The quantitative estimate of drug-likeness (QED) is 0.304. The van der Waals surface area contributed by atoms with Gasteiger partial charge in [-0.25, -0.2) is 0 Å². The van der Waals surface area contributed by atoms with Crippen molar-refractivity contribution in [2.75, 3.05) is 5.32 Å². The van der Waals surface area contributed by atoms with Gasteiger partial charge in [-0.1, -0.05) is 97.1 Å². The smallest absolute Gasteiger partial charge is 0.137 e. The summed E-state index contributed by atoms with van der Waals surface area (Å²) in [4.78, 5) is 0. The van der Waals surface area contributed by atoms with E-state index in [1.165, 1.54) is 22.3 Å². The molecule has 33 heavy (non-hydrogen) atoms. The standard InChI is InChI=1S/C31H21NO/c1-3-11-21(12-4-1)31(22-13-5-2-6-14-22)25-16-8-9-17-27(25)32-28-20-30-24(19-26(28)31)23-15-7-10-18-29(23)33-30/h1-20,32H. The Balaban J connectivity index is 1.68. The molecule has 1 N–H and O–H groups in total. The molecular formula is C31H21NO. The van der Waals surface area contributed by atoms with Crippen molar-refractivity contribution in [3.8, 4) is 0 Å². The maximum atomic E-state index is 6.25. The largest absolute Gasteiger partial charge is 0.456 e. The molecule has 2 heteroatoms. The number of hydrogen-bond donors (Lipinski definition) is 1. The second kappa shape index (κ2) is 6.85. The third kappa shape index (κ3) is 2.49. The summed E-state index contributed by atoms with van der Waals surface area (Å²) in [6, 6.07) is 43.1. The first-order valence-electron chi connectivity index (χ1n) is 11.3. The van der Waals surface area contributed by atoms with Crippen LogP contribution in [0.4, 0.5) is 11.4 Å². The third-order valence-electron chi connectivity index (χ3n) is 6.93. The lowest BCUT2D eigenvalue weighted by molar-refractivity contribution is 0.668. The van der Waals surface area contributed by atoms with E-state index in [1.807, 2.05) is 12.1 Å². The molecule has 0 atom stereocenters. The monoisotopic (exact) mass is 423 g/mol. The van der Waals surface area contributed by atoms with Gasteiger partial charge in [0, 0.05) is 28.2 Å². The molecule has 1 aromatic heterocycles. The topological polar surface area (TPSA) is 25.2 Å². The molecule has 0 amide bonds. The van der Waals surface area contributed by atoms with E-state index in [0.29, 0.717) is 0 Å². The molecule has 5 aromatic carbocycles. The van der Waals surface area contributed by atoms with E-state index >= 15 is 0 Å². The van der Waals surface area contributed by atoms with Crippen LogP contribution in [0, 0.1) is 0 Å². The number of nitrogens with one attached hydrogen (secondary N) is 1. The predicted octanol–water partition coefficient (Wildman–Crippen LogP) is 8.03. The molecule has 1 aliphatic rings. The summed E-state index contributed by atoms with van der Waals surface area (Å²) in [5.74, 6) is 0. The normalized spacial score (nSPS) is 13.9. The van der Waals surface area contributed by atoms with E-state index in [4.69, 9.17) is 4.42 Å². The van der Waals surface area contributed by atoms with Gasteiger partial charge in [-0.15, -0.1) is 0 Å². The van der Waals surface area contributed by atoms with Crippen LogP contribution in [-0.2, 0) is 5.41 Å². The van der Waals surface area contributed by atoms with Crippen LogP contribution < -0.4 is 5.32 Å². The Morgan fingerprint density at radius 2 is 1.12 bits per heavy atom. The highest BCUT2D eigenvalue weighted by atomic mass is 16.3. The highest BCUT2D eigenvalue weighted by molar-refractivity contribution is 6.07. The Kier molecular flexibility index (Phi) is 3.80. The first-order valence-corrected chi connectivity index (χ1v) is 11.3. The fourth-order valence-corrected chi connectivity index (χ4v) is 5.56. The first kappa shape index (κ1) is 18.3. The van der Waals surface area contributed by atoms with Crippen LogP contribution >= 0.6 is 0 Å². The molecule has 156 valence electrons. The summed E-state index contributed by atoms with van der Waals surface area (Å²) in [5, 5.41) is 5.99. The summed E-state index contributed by atoms with van der Waals surface area (Å²) in [7, 11) is 0. The van der Waals surface area contributed by atoms with Gasteiger partial charge in [-0.3, -0.25) is 0 Å². The zero-order valence-electron chi connectivity index (χ0n) is 18.0. The molecule has 0 spiro atoms. The Hall–Kier alpha value is -4.30. The minimum Gasteiger partial charge on any atom is -0.456 e. The molecule has 0 aliphatic carbocycles. The average Bonchev–Trinajstić information content (AvgIpc) is 3.24. The molecule has 1 aliphatic heterocycles. The lowest BCUT2D eigenvalue weighted by Crippen LogP contribution is -2.35. The van der Waals surface area contributed by atoms with Crippen LogP contribution in [0.3, 0.4) is 0 Å². The number of rotatable bonds is 2. The number of furan rings is 1. The van der Waals surface area contributed by atoms with Gasteiger partial charge >= 0.3 is 0 Å². The number of fused-ring (bicyclic) bond motifs is 5. The van der Waals surface area contributed by atoms with Crippen molar-refractivity contribution < 1.29 is 4.42 Å². The van der Waals surface area contributed by atoms with Gasteiger partial charge in [-0.2, -0.15) is 0 Å². The maximum Gasteiger partial charge on any atom is 0.137 e. The van der Waals surface area contributed by atoms with Crippen LogP contribution in [0.1, 0.15) is 22.3 Å². The fourth-order valence-electron chi connectivity index (χ4n) is 5.56. The van der Waals surface area contributed by atoms with Gasteiger partial charge in [0.1, 0.15) is 11.2 Å². The van der Waals surface area contributed by atoms with E-state index in [1.54, 1.807) is 0 Å². The lowest BCUT2D eigenvalue weighted by atomic mass is 9.62. The first-order chi connectivity index (χ1) is 16.4. The highest BCUT2D eigenvalue weighted by Gasteiger charge is 2.44. The van der Waals surface area contributed by atoms with Crippen molar-refractivity contribution in [1.82, 2.24) is 0 Å². The zero-order chi connectivity index (χ0) is 21.8. The summed E-state index contributed by atoms with van der Waals surface area (Å²) < 4.78 is 6.25. The molecule has 0 fully saturated rings. The van der Waals surface area contributed by atoms with E-state index in [0.717, 1.165) is 33.3 Å². The summed E-state index contributed by atoms with van der Waals surface area (Å²) >= 11 is 0. The Labute approximate surface area is 192 Å². The molecule has 6 aromatic rings. The average molecular weight is 424 g/mol. The van der Waals surface area contributed by atoms with Crippen LogP contribution in [0.25, 0.3) is 21.9 Å². The molecule has 2 nitrogen and oxygen atoms in total. The van der Waals surface area contributed by atoms with Gasteiger partial charge in [0.15, 0.2) is 0 Å². The molecule has 7 rings (SSSR count). The predicted molar refractivity (Wildman–Crippen MR) is 135 cm³/mol. The van der Waals surface area contributed by atoms with Crippen LogP contribution in [0.5, 0.6) is 0 Å². The van der Waals surface area contributed by atoms with Crippen molar-refractivity contribution in [2.45, 2.75) is 5.41 Å². The van der Waals surface area contributed by atoms with Crippen LogP contribution in [-0.4, -0.2) is 0 Å². The molecule has 0 saturated heterocycles. The Morgan fingerprint density at radius 1 is 0.485 bits per heavy atom. The summed E-state index contributed by atoms with van der Waals surface area (Å²) in [5.41, 5.74) is 8.54.